The molecule has 0 aliphatic rings. The van der Waals surface area contributed by atoms with Gasteiger partial charge in [0.25, 0.3) is 0 Å². The highest BCUT2D eigenvalue weighted by molar-refractivity contribution is 5.87. The Balaban J connectivity index is 3.85. The van der Waals surface area contributed by atoms with Gasteiger partial charge < -0.3 is 10.4 Å². The van der Waals surface area contributed by atoms with Crippen LogP contribution < -0.4 is 5.32 Å². The van der Waals surface area contributed by atoms with Gasteiger partial charge in [-0.05, 0) is 19.4 Å². The van der Waals surface area contributed by atoms with Crippen LogP contribution in [0.3, 0.4) is 0 Å². The summed E-state index contributed by atoms with van der Waals surface area (Å²) in [5.74, 6) is -1.61. The lowest BCUT2D eigenvalue weighted by Gasteiger charge is -2.09. The van der Waals surface area contributed by atoms with Gasteiger partial charge in [0, 0.05) is 6.54 Å². The third kappa shape index (κ3) is 5.00. The fourth-order valence-electron chi connectivity index (χ4n) is 0.840. The highest BCUT2D eigenvalue weighted by Gasteiger charge is 2.14. The molecular weight excluding hydrogens is 170 g/mol. The van der Waals surface area contributed by atoms with Crippen molar-refractivity contribution in [3.63, 3.8) is 0 Å². The molecule has 0 aromatic carbocycles. The summed E-state index contributed by atoms with van der Waals surface area (Å²) in [5, 5.41) is 11.2. The Labute approximate surface area is 77.6 Å². The summed E-state index contributed by atoms with van der Waals surface area (Å²) < 4.78 is 0. The van der Waals surface area contributed by atoms with Crippen LogP contribution in [0, 0.1) is 5.92 Å². The van der Waals surface area contributed by atoms with Crippen LogP contribution in [0.25, 0.3) is 0 Å². The smallest absolute Gasteiger partial charge is 0.308 e. The molecule has 1 amide bonds. The number of aliphatic carboxylic acids is 1. The second-order valence-electron chi connectivity index (χ2n) is 2.69. The van der Waals surface area contributed by atoms with Crippen LogP contribution in [0.15, 0.2) is 12.2 Å². The fraction of sp³-hybridized carbons (Fsp3) is 0.556. The topological polar surface area (TPSA) is 66.4 Å². The van der Waals surface area contributed by atoms with Gasteiger partial charge in [0.2, 0.25) is 5.91 Å². The van der Waals surface area contributed by atoms with Crippen molar-refractivity contribution in [2.75, 3.05) is 6.54 Å². The number of carbonyl (C=O) groups is 2. The van der Waals surface area contributed by atoms with E-state index < -0.39 is 11.9 Å². The summed E-state index contributed by atoms with van der Waals surface area (Å²) in [7, 11) is 0. The number of carbonyl (C=O) groups excluding carboxylic acids is 1. The molecule has 0 aromatic heterocycles. The average Bonchev–Trinajstić information content (AvgIpc) is 2.05. The van der Waals surface area contributed by atoms with E-state index in [1.807, 2.05) is 0 Å². The predicted molar refractivity (Wildman–Crippen MR) is 49.2 cm³/mol. The molecular formula is C9H15NO3. The molecule has 0 bridgehead atoms. The number of carboxylic acid groups (broad SMARTS) is 1. The van der Waals surface area contributed by atoms with Crippen LogP contribution in [0.5, 0.6) is 0 Å². The third-order valence-electron chi connectivity index (χ3n) is 1.68. The maximum absolute atomic E-state index is 10.9. The van der Waals surface area contributed by atoms with E-state index in [2.05, 4.69) is 5.32 Å². The first kappa shape index (κ1) is 11.7. The molecule has 0 aliphatic heterocycles. The standard InChI is InChI=1S/C9H15NO3/c1-3-5-8(11)10-6-7(4-2)9(12)13/h3,5,7H,4,6H2,1-2H3,(H,10,11)(H,12,13). The first-order valence-electron chi connectivity index (χ1n) is 4.25. The average molecular weight is 185 g/mol. The van der Waals surface area contributed by atoms with Gasteiger partial charge in [-0.2, -0.15) is 0 Å². The van der Waals surface area contributed by atoms with E-state index in [1.54, 1.807) is 19.9 Å². The second kappa shape index (κ2) is 6.22. The number of rotatable bonds is 5. The zero-order valence-electron chi connectivity index (χ0n) is 7.91. The first-order chi connectivity index (χ1) is 6.11. The molecule has 0 heterocycles. The molecule has 0 radical (unpaired) electrons. The molecule has 74 valence electrons. The van der Waals surface area contributed by atoms with Crippen molar-refractivity contribution in [3.05, 3.63) is 12.2 Å². The number of carboxylic acids is 1. The van der Waals surface area contributed by atoms with Gasteiger partial charge in [0.05, 0.1) is 5.92 Å². The van der Waals surface area contributed by atoms with Gasteiger partial charge in [-0.15, -0.1) is 0 Å². The van der Waals surface area contributed by atoms with E-state index >= 15 is 0 Å². The Morgan fingerprint density at radius 1 is 1.54 bits per heavy atom. The Morgan fingerprint density at radius 3 is 2.54 bits per heavy atom. The van der Waals surface area contributed by atoms with Gasteiger partial charge in [-0.25, -0.2) is 0 Å². The van der Waals surface area contributed by atoms with Crippen LogP contribution in [0.1, 0.15) is 20.3 Å². The molecule has 13 heavy (non-hydrogen) atoms. The zero-order chi connectivity index (χ0) is 10.3. The maximum atomic E-state index is 10.9. The molecule has 4 nitrogen and oxygen atoms in total. The highest BCUT2D eigenvalue weighted by Crippen LogP contribution is 1.99. The highest BCUT2D eigenvalue weighted by atomic mass is 16.4. The minimum absolute atomic E-state index is 0.189. The van der Waals surface area contributed by atoms with Crippen molar-refractivity contribution in [2.45, 2.75) is 20.3 Å². The normalized spacial score (nSPS) is 12.8. The van der Waals surface area contributed by atoms with Crippen molar-refractivity contribution in [3.8, 4) is 0 Å². The summed E-state index contributed by atoms with van der Waals surface area (Å²) in [6.45, 7) is 3.70. The van der Waals surface area contributed by atoms with E-state index in [0.717, 1.165) is 0 Å². The number of hydrogen-bond acceptors (Lipinski definition) is 2. The van der Waals surface area contributed by atoms with E-state index in [-0.39, 0.29) is 12.5 Å². The molecule has 0 saturated heterocycles. The Hall–Kier alpha value is -1.32. The lowest BCUT2D eigenvalue weighted by molar-refractivity contribution is -0.141. The van der Waals surface area contributed by atoms with Crippen LogP contribution in [0.2, 0.25) is 0 Å². The molecule has 0 fully saturated rings. The van der Waals surface area contributed by atoms with Crippen LogP contribution in [-0.4, -0.2) is 23.5 Å². The quantitative estimate of drug-likeness (QED) is 0.622. The SMILES string of the molecule is CC=CC(=O)NCC(CC)C(=O)O. The lowest BCUT2D eigenvalue weighted by atomic mass is 10.1. The van der Waals surface area contributed by atoms with Gasteiger partial charge >= 0.3 is 5.97 Å². The Kier molecular flexibility index (Phi) is 5.59. The van der Waals surface area contributed by atoms with Crippen molar-refractivity contribution >= 4 is 11.9 Å². The molecule has 0 rings (SSSR count). The van der Waals surface area contributed by atoms with Crippen molar-refractivity contribution in [2.24, 2.45) is 5.92 Å². The minimum atomic E-state index is -0.872. The van der Waals surface area contributed by atoms with Crippen LogP contribution >= 0.6 is 0 Å². The lowest BCUT2D eigenvalue weighted by Crippen LogP contribution is -2.31. The molecule has 0 spiro atoms. The summed E-state index contributed by atoms with van der Waals surface area (Å²) in [6, 6.07) is 0. The summed E-state index contributed by atoms with van der Waals surface area (Å²) in [4.78, 5) is 21.4. The van der Waals surface area contributed by atoms with E-state index in [4.69, 9.17) is 5.11 Å². The Morgan fingerprint density at radius 2 is 2.15 bits per heavy atom. The summed E-state index contributed by atoms with van der Waals surface area (Å²) >= 11 is 0. The van der Waals surface area contributed by atoms with Crippen molar-refractivity contribution in [1.29, 1.82) is 0 Å². The van der Waals surface area contributed by atoms with Gasteiger partial charge in [0.15, 0.2) is 0 Å². The molecule has 0 saturated carbocycles. The van der Waals surface area contributed by atoms with Gasteiger partial charge in [-0.1, -0.05) is 13.0 Å². The second-order valence-corrected chi connectivity index (χ2v) is 2.69. The largest absolute Gasteiger partial charge is 0.481 e. The first-order valence-corrected chi connectivity index (χ1v) is 4.25. The minimum Gasteiger partial charge on any atom is -0.481 e. The fourth-order valence-corrected chi connectivity index (χ4v) is 0.840. The molecule has 0 aromatic rings. The zero-order valence-corrected chi connectivity index (χ0v) is 7.91. The number of amides is 1. The molecule has 1 atom stereocenters. The van der Waals surface area contributed by atoms with Crippen molar-refractivity contribution < 1.29 is 14.7 Å². The number of allylic oxidation sites excluding steroid dienone is 1. The van der Waals surface area contributed by atoms with Crippen molar-refractivity contribution in [1.82, 2.24) is 5.32 Å². The number of nitrogens with one attached hydrogen (secondary N) is 1. The summed E-state index contributed by atoms with van der Waals surface area (Å²) in [6.07, 6.45) is 3.50. The number of hydrogen-bond donors (Lipinski definition) is 2. The van der Waals surface area contributed by atoms with Crippen LogP contribution in [0.4, 0.5) is 0 Å². The van der Waals surface area contributed by atoms with Gasteiger partial charge in [0.1, 0.15) is 0 Å². The molecule has 0 aliphatic carbocycles. The summed E-state index contributed by atoms with van der Waals surface area (Å²) in [5.41, 5.74) is 0. The predicted octanol–water partition coefficient (Wildman–Crippen LogP) is 0.790. The molecule has 4 heteroatoms. The van der Waals surface area contributed by atoms with E-state index in [1.165, 1.54) is 6.08 Å². The van der Waals surface area contributed by atoms with E-state index in [9.17, 15) is 9.59 Å². The third-order valence-corrected chi connectivity index (χ3v) is 1.68. The maximum Gasteiger partial charge on any atom is 0.308 e. The monoisotopic (exact) mass is 185 g/mol. The molecule has 2 N–H and O–H groups in total. The molecule has 1 unspecified atom stereocenters. The van der Waals surface area contributed by atoms with Crippen LogP contribution in [-0.2, 0) is 9.59 Å². The Bertz CT molecular complexity index is 211. The van der Waals surface area contributed by atoms with E-state index in [0.29, 0.717) is 6.42 Å². The van der Waals surface area contributed by atoms with Gasteiger partial charge in [-0.3, -0.25) is 9.59 Å².